The van der Waals surface area contributed by atoms with Crippen molar-refractivity contribution in [2.24, 2.45) is 0 Å². The van der Waals surface area contributed by atoms with Gasteiger partial charge in [-0.25, -0.2) is 0 Å². The lowest BCUT2D eigenvalue weighted by Gasteiger charge is -2.38. The molecule has 0 saturated carbocycles. The lowest BCUT2D eigenvalue weighted by atomic mass is 9.99. The highest BCUT2D eigenvalue weighted by atomic mass is 16.6. The Balaban J connectivity index is 1.83. The Labute approximate surface area is 124 Å². The topological polar surface area (TPSA) is 157 Å². The minimum Gasteiger partial charge on any atom is -0.388 e. The van der Waals surface area contributed by atoms with Gasteiger partial charge in [0, 0.05) is 18.7 Å². The van der Waals surface area contributed by atoms with Crippen LogP contribution in [0.4, 0.5) is 0 Å². The first-order valence-electron chi connectivity index (χ1n) is 6.49. The van der Waals surface area contributed by atoms with Crippen LogP contribution in [0, 0.1) is 0 Å². The molecule has 5 unspecified atom stereocenters. The maximum atomic E-state index is 11.7. The normalized spacial score (nSPS) is 35.1. The maximum Gasteiger partial charge on any atom is 0.254 e. The van der Waals surface area contributed by atoms with Crippen molar-refractivity contribution < 1.29 is 39.5 Å². The van der Waals surface area contributed by atoms with Gasteiger partial charge in [-0.1, -0.05) is 0 Å². The number of carbonyl (C=O) groups is 3. The molecule has 2 rings (SSSR count). The molecule has 1 saturated heterocycles. The van der Waals surface area contributed by atoms with Gasteiger partial charge in [-0.3, -0.25) is 19.3 Å². The monoisotopic (exact) mass is 316 g/mol. The largest absolute Gasteiger partial charge is 0.388 e. The van der Waals surface area contributed by atoms with Crippen LogP contribution in [-0.2, 0) is 19.1 Å². The summed E-state index contributed by atoms with van der Waals surface area (Å²) in [6, 6.07) is 0. The molecule has 10 heteroatoms. The molecule has 2 heterocycles. The van der Waals surface area contributed by atoms with Crippen molar-refractivity contribution in [3.05, 3.63) is 12.2 Å². The molecule has 2 aliphatic heterocycles. The summed E-state index contributed by atoms with van der Waals surface area (Å²) in [5.74, 6) is -1.90. The van der Waals surface area contributed by atoms with Crippen LogP contribution in [0.2, 0.25) is 0 Å². The third-order valence-corrected chi connectivity index (χ3v) is 3.39. The zero-order valence-electron chi connectivity index (χ0n) is 11.3. The number of nitrogens with one attached hydrogen (secondary N) is 1. The zero-order valence-corrected chi connectivity index (χ0v) is 11.3. The number of aliphatic hydroxyl groups is 4. The summed E-state index contributed by atoms with van der Waals surface area (Å²) in [5.41, 5.74) is 0. The van der Waals surface area contributed by atoms with Gasteiger partial charge < -0.3 is 30.5 Å². The number of hydrogen-bond acceptors (Lipinski definition) is 8. The molecule has 0 radical (unpaired) electrons. The highest BCUT2D eigenvalue weighted by Gasteiger charge is 2.43. The molecule has 1 fully saturated rings. The molecule has 0 aromatic carbocycles. The number of nitrogens with zero attached hydrogens (tertiary/aromatic N) is 1. The molecular weight excluding hydrogens is 300 g/mol. The van der Waals surface area contributed by atoms with Crippen LogP contribution in [0.15, 0.2) is 12.2 Å². The van der Waals surface area contributed by atoms with Gasteiger partial charge in [0.05, 0.1) is 0 Å². The first-order chi connectivity index (χ1) is 10.3. The molecule has 5 N–H and O–H groups in total. The van der Waals surface area contributed by atoms with E-state index in [1.165, 1.54) is 0 Å². The summed E-state index contributed by atoms with van der Waals surface area (Å²) in [6.45, 7) is -0.786. The van der Waals surface area contributed by atoms with E-state index in [0.29, 0.717) is 0 Å². The first kappa shape index (κ1) is 16.5. The van der Waals surface area contributed by atoms with Crippen LogP contribution in [0.1, 0.15) is 0 Å². The van der Waals surface area contributed by atoms with Crippen LogP contribution >= 0.6 is 0 Å². The van der Waals surface area contributed by atoms with Gasteiger partial charge in [-0.2, -0.15) is 0 Å². The summed E-state index contributed by atoms with van der Waals surface area (Å²) in [6.07, 6.45) is -5.58. The van der Waals surface area contributed by atoms with E-state index in [9.17, 15) is 34.8 Å². The Bertz CT molecular complexity index is 489. The molecule has 0 aliphatic carbocycles. The summed E-state index contributed by atoms with van der Waals surface area (Å²) in [5, 5.41) is 40.1. The predicted molar refractivity (Wildman–Crippen MR) is 67.8 cm³/mol. The molecule has 3 amide bonds. The molecule has 0 aromatic rings. The van der Waals surface area contributed by atoms with Gasteiger partial charge >= 0.3 is 0 Å². The fourth-order valence-corrected chi connectivity index (χ4v) is 2.10. The van der Waals surface area contributed by atoms with E-state index in [1.54, 1.807) is 0 Å². The van der Waals surface area contributed by atoms with E-state index in [4.69, 9.17) is 4.74 Å². The number of aliphatic hydroxyl groups excluding tert-OH is 4. The third-order valence-electron chi connectivity index (χ3n) is 3.39. The van der Waals surface area contributed by atoms with Crippen LogP contribution in [0.3, 0.4) is 0 Å². The standard InChI is InChI=1S/C12H16N2O8/c15-6(4-14-7(16)1-2-8(14)17)13-3-5-9(18)10(19)11(20)12(21)22-5/h1-2,5,9-12,18-21H,3-4H2,(H,13,15). The van der Waals surface area contributed by atoms with Gasteiger partial charge in [0.25, 0.3) is 11.8 Å². The van der Waals surface area contributed by atoms with Crippen molar-refractivity contribution in [1.29, 1.82) is 0 Å². The highest BCUT2D eigenvalue weighted by molar-refractivity contribution is 6.14. The van der Waals surface area contributed by atoms with E-state index in [1.807, 2.05) is 0 Å². The Morgan fingerprint density at radius 1 is 1.09 bits per heavy atom. The van der Waals surface area contributed by atoms with Crippen LogP contribution in [0.25, 0.3) is 0 Å². The van der Waals surface area contributed by atoms with Crippen molar-refractivity contribution in [3.63, 3.8) is 0 Å². The molecular formula is C12H16N2O8. The van der Waals surface area contributed by atoms with E-state index in [0.717, 1.165) is 17.1 Å². The quantitative estimate of drug-likeness (QED) is 0.327. The Kier molecular flexibility index (Phi) is 4.88. The van der Waals surface area contributed by atoms with E-state index in [2.05, 4.69) is 5.32 Å². The molecule has 10 nitrogen and oxygen atoms in total. The molecule has 122 valence electrons. The lowest BCUT2D eigenvalue weighted by Crippen LogP contribution is -2.60. The molecule has 0 spiro atoms. The second-order valence-corrected chi connectivity index (χ2v) is 4.94. The van der Waals surface area contributed by atoms with E-state index < -0.39 is 55.0 Å². The van der Waals surface area contributed by atoms with Crippen molar-refractivity contribution in [3.8, 4) is 0 Å². The second-order valence-electron chi connectivity index (χ2n) is 4.94. The van der Waals surface area contributed by atoms with E-state index >= 15 is 0 Å². The number of amides is 3. The number of hydrogen-bond donors (Lipinski definition) is 5. The summed E-state index contributed by atoms with van der Waals surface area (Å²) in [4.78, 5) is 35.0. The van der Waals surface area contributed by atoms with Crippen molar-refractivity contribution in [1.82, 2.24) is 10.2 Å². The van der Waals surface area contributed by atoms with Crippen LogP contribution in [0.5, 0.6) is 0 Å². The smallest absolute Gasteiger partial charge is 0.254 e. The van der Waals surface area contributed by atoms with Crippen LogP contribution < -0.4 is 5.32 Å². The Morgan fingerprint density at radius 2 is 1.68 bits per heavy atom. The third kappa shape index (κ3) is 3.31. The molecule has 5 atom stereocenters. The molecule has 0 bridgehead atoms. The predicted octanol–water partition coefficient (Wildman–Crippen LogP) is -4.17. The zero-order chi connectivity index (χ0) is 16.4. The summed E-state index contributed by atoms with van der Waals surface area (Å²) < 4.78 is 4.86. The second kappa shape index (κ2) is 6.50. The minimum absolute atomic E-state index is 0.287. The molecule has 22 heavy (non-hydrogen) atoms. The highest BCUT2D eigenvalue weighted by Crippen LogP contribution is 2.19. The van der Waals surface area contributed by atoms with Gasteiger partial charge in [0.2, 0.25) is 5.91 Å². The van der Waals surface area contributed by atoms with Gasteiger partial charge in [0.15, 0.2) is 6.29 Å². The Morgan fingerprint density at radius 3 is 2.27 bits per heavy atom. The number of carbonyl (C=O) groups excluding carboxylic acids is 3. The minimum atomic E-state index is -1.70. The Hall–Kier alpha value is -1.85. The van der Waals surface area contributed by atoms with Crippen molar-refractivity contribution >= 4 is 17.7 Å². The molecule has 2 aliphatic rings. The summed E-state index contributed by atoms with van der Waals surface area (Å²) in [7, 11) is 0. The number of rotatable bonds is 4. The maximum absolute atomic E-state index is 11.7. The van der Waals surface area contributed by atoms with Gasteiger partial charge in [0.1, 0.15) is 31.0 Å². The van der Waals surface area contributed by atoms with Crippen LogP contribution in [-0.4, -0.2) is 86.8 Å². The fraction of sp³-hybridized carbons (Fsp3) is 0.583. The molecule has 0 aromatic heterocycles. The summed E-state index contributed by atoms with van der Waals surface area (Å²) >= 11 is 0. The first-order valence-corrected chi connectivity index (χ1v) is 6.49. The van der Waals surface area contributed by atoms with Crippen molar-refractivity contribution in [2.75, 3.05) is 13.1 Å². The number of imide groups is 1. The van der Waals surface area contributed by atoms with Gasteiger partial charge in [-0.15, -0.1) is 0 Å². The lowest BCUT2D eigenvalue weighted by molar-refractivity contribution is -0.280. The average molecular weight is 316 g/mol. The average Bonchev–Trinajstić information content (AvgIpc) is 2.79. The SMILES string of the molecule is O=C(CN1C(=O)C=CC1=O)NCC1OC(O)C(O)C(O)C1O. The fourth-order valence-electron chi connectivity index (χ4n) is 2.10. The van der Waals surface area contributed by atoms with E-state index in [-0.39, 0.29) is 6.54 Å². The number of ether oxygens (including phenoxy) is 1. The van der Waals surface area contributed by atoms with Gasteiger partial charge in [-0.05, 0) is 0 Å². The van der Waals surface area contributed by atoms with Crippen molar-refractivity contribution in [2.45, 2.75) is 30.7 Å².